The molecule has 0 aliphatic heterocycles. The summed E-state index contributed by atoms with van der Waals surface area (Å²) in [4.78, 5) is 40.5. The topological polar surface area (TPSA) is 227 Å². The SMILES string of the molecule is COc1ccc(/C=C/C(=O)O)cc1O.COc1ccc(/C=C/C(=O)O)cc1O.COc1ccc(/C=C/C=O)cc1O.COc1ccc(CCC=O)cc1O. The highest BCUT2D eigenvalue weighted by Crippen LogP contribution is 2.29. The first-order chi connectivity index (χ1) is 25.8. The van der Waals surface area contributed by atoms with Crippen LogP contribution in [0.3, 0.4) is 0 Å². The summed E-state index contributed by atoms with van der Waals surface area (Å²) in [5, 5.41) is 54.2. The monoisotopic (exact) mass is 746 g/mol. The molecule has 0 aliphatic rings. The molecule has 4 rings (SSSR count). The van der Waals surface area contributed by atoms with Crippen LogP contribution in [0, 0.1) is 0 Å². The van der Waals surface area contributed by atoms with E-state index in [9.17, 15) is 39.6 Å². The molecule has 6 N–H and O–H groups in total. The third-order valence-corrected chi connectivity index (χ3v) is 6.61. The number of methoxy groups -OCH3 is 4. The van der Waals surface area contributed by atoms with Crippen LogP contribution >= 0.6 is 0 Å². The summed E-state index contributed by atoms with van der Waals surface area (Å²) in [5.41, 5.74) is 2.90. The highest BCUT2D eigenvalue weighted by molar-refractivity contribution is 5.86. The molecular weight excluding hydrogens is 704 g/mol. The molecule has 0 amide bonds. The van der Waals surface area contributed by atoms with Crippen molar-refractivity contribution in [1.82, 2.24) is 0 Å². The Morgan fingerprint density at radius 1 is 0.537 bits per heavy atom. The quantitative estimate of drug-likeness (QED) is 0.0667. The number of carboxylic acids is 2. The van der Waals surface area contributed by atoms with Gasteiger partial charge in [0.05, 0.1) is 28.4 Å². The van der Waals surface area contributed by atoms with E-state index in [1.165, 1.54) is 64.9 Å². The smallest absolute Gasteiger partial charge is 0.328 e. The number of hydrogen-bond acceptors (Lipinski definition) is 12. The molecule has 0 radical (unpaired) electrons. The van der Waals surface area contributed by atoms with Crippen molar-refractivity contribution >= 4 is 42.7 Å². The van der Waals surface area contributed by atoms with Crippen molar-refractivity contribution in [3.63, 3.8) is 0 Å². The number of carbonyl (C=O) groups is 4. The predicted molar refractivity (Wildman–Crippen MR) is 201 cm³/mol. The Bertz CT molecular complexity index is 1840. The second-order valence-electron chi connectivity index (χ2n) is 10.3. The maximum atomic E-state index is 10.2. The number of carbonyl (C=O) groups excluding carboxylic acids is 2. The third kappa shape index (κ3) is 17.1. The van der Waals surface area contributed by atoms with Gasteiger partial charge in [0.2, 0.25) is 0 Å². The number of benzene rings is 4. The number of carboxylic acid groups (broad SMARTS) is 2. The molecule has 0 fully saturated rings. The standard InChI is InChI=1S/2C10H10O4.C10H12O3.C10H10O3/c2*1-14-9-4-2-7(6-8(9)11)3-5-10(12)13;2*1-13-10-5-4-8(3-2-6-11)7-9(10)12/h2*2-6,11H,1H3,(H,12,13);4-7,12H,2-3H2,1H3;2-7,12H,1H3/b2*5-3+;;3-2+. The fourth-order valence-corrected chi connectivity index (χ4v) is 4.03. The number of rotatable bonds is 13. The fraction of sp³-hybridized carbons (Fsp3) is 0.150. The number of aldehydes is 2. The largest absolute Gasteiger partial charge is 0.504 e. The predicted octanol–water partition coefficient (Wildman–Crippen LogP) is 6.14. The molecule has 0 unspecified atom stereocenters. The first kappa shape index (κ1) is 44.8. The second kappa shape index (κ2) is 24.8. The molecule has 4 aromatic carbocycles. The Morgan fingerprint density at radius 3 is 1.19 bits per heavy atom. The van der Waals surface area contributed by atoms with E-state index >= 15 is 0 Å². The van der Waals surface area contributed by atoms with Crippen LogP contribution in [0.25, 0.3) is 18.2 Å². The van der Waals surface area contributed by atoms with Crippen molar-refractivity contribution in [2.24, 2.45) is 0 Å². The van der Waals surface area contributed by atoms with Crippen LogP contribution in [0.1, 0.15) is 28.7 Å². The van der Waals surface area contributed by atoms with E-state index in [1.54, 1.807) is 54.6 Å². The number of ether oxygens (including phenoxy) is 4. The van der Waals surface area contributed by atoms with Crippen LogP contribution in [0.4, 0.5) is 0 Å². The average molecular weight is 747 g/mol. The lowest BCUT2D eigenvalue weighted by molar-refractivity contribution is -0.132. The first-order valence-corrected chi connectivity index (χ1v) is 15.7. The fourth-order valence-electron chi connectivity index (χ4n) is 4.03. The lowest BCUT2D eigenvalue weighted by Gasteiger charge is -2.04. The van der Waals surface area contributed by atoms with E-state index in [0.717, 1.165) is 29.6 Å². The molecule has 54 heavy (non-hydrogen) atoms. The summed E-state index contributed by atoms with van der Waals surface area (Å²) < 4.78 is 19.4. The number of phenolic OH excluding ortho intramolecular Hbond substituents is 4. The van der Waals surface area contributed by atoms with E-state index in [2.05, 4.69) is 0 Å². The molecule has 4 aromatic rings. The molecule has 0 bridgehead atoms. The van der Waals surface area contributed by atoms with Gasteiger partial charge in [-0.2, -0.15) is 0 Å². The zero-order chi connectivity index (χ0) is 40.5. The molecular formula is C40H42O14. The van der Waals surface area contributed by atoms with Gasteiger partial charge in [0.1, 0.15) is 12.6 Å². The van der Waals surface area contributed by atoms with Crippen LogP contribution in [0.2, 0.25) is 0 Å². The maximum Gasteiger partial charge on any atom is 0.328 e. The van der Waals surface area contributed by atoms with Crippen LogP contribution in [-0.2, 0) is 25.6 Å². The van der Waals surface area contributed by atoms with Gasteiger partial charge in [0.25, 0.3) is 0 Å². The van der Waals surface area contributed by atoms with Gasteiger partial charge >= 0.3 is 11.9 Å². The zero-order valence-corrected chi connectivity index (χ0v) is 29.9. The van der Waals surface area contributed by atoms with Gasteiger partial charge in [-0.1, -0.05) is 30.3 Å². The minimum absolute atomic E-state index is 0.0139. The van der Waals surface area contributed by atoms with Gasteiger partial charge in [-0.3, -0.25) is 4.79 Å². The lowest BCUT2D eigenvalue weighted by atomic mass is 10.1. The number of hydrogen-bond donors (Lipinski definition) is 6. The second-order valence-corrected chi connectivity index (χ2v) is 10.3. The molecule has 0 aliphatic carbocycles. The number of aryl methyl sites for hydroxylation is 1. The van der Waals surface area contributed by atoms with Gasteiger partial charge in [-0.15, -0.1) is 0 Å². The normalized spacial score (nSPS) is 10.1. The molecule has 0 spiro atoms. The number of aromatic hydroxyl groups is 4. The van der Waals surface area contributed by atoms with E-state index in [-0.39, 0.29) is 23.0 Å². The summed E-state index contributed by atoms with van der Waals surface area (Å²) in [6.07, 6.45) is 10.4. The van der Waals surface area contributed by atoms with Crippen LogP contribution < -0.4 is 18.9 Å². The first-order valence-electron chi connectivity index (χ1n) is 15.7. The number of aliphatic carboxylic acids is 2. The summed E-state index contributed by atoms with van der Waals surface area (Å²) in [5.74, 6) is -0.310. The number of allylic oxidation sites excluding steroid dienone is 1. The van der Waals surface area contributed by atoms with Gasteiger partial charge in [-0.25, -0.2) is 9.59 Å². The molecule has 0 heterocycles. The molecule has 286 valence electrons. The van der Waals surface area contributed by atoms with E-state index in [4.69, 9.17) is 29.2 Å². The third-order valence-electron chi connectivity index (χ3n) is 6.61. The Balaban J connectivity index is 0.000000360. The number of phenols is 4. The summed E-state index contributed by atoms with van der Waals surface area (Å²) in [6, 6.07) is 19.3. The van der Waals surface area contributed by atoms with Gasteiger partial charge in [0.15, 0.2) is 46.0 Å². The Hall–Kier alpha value is -7.22. The van der Waals surface area contributed by atoms with E-state index in [0.29, 0.717) is 53.3 Å². The van der Waals surface area contributed by atoms with E-state index < -0.39 is 11.9 Å². The summed E-state index contributed by atoms with van der Waals surface area (Å²) in [7, 11) is 5.87. The van der Waals surface area contributed by atoms with Gasteiger partial charge in [0, 0.05) is 18.6 Å². The molecule has 14 heteroatoms. The molecule has 0 saturated carbocycles. The van der Waals surface area contributed by atoms with Gasteiger partial charge < -0.3 is 54.4 Å². The zero-order valence-electron chi connectivity index (χ0n) is 29.9. The molecule has 14 nitrogen and oxygen atoms in total. The lowest BCUT2D eigenvalue weighted by Crippen LogP contribution is -1.88. The minimum Gasteiger partial charge on any atom is -0.504 e. The van der Waals surface area contributed by atoms with Crippen LogP contribution in [-0.4, -0.2) is 83.6 Å². The molecule has 0 aromatic heterocycles. The van der Waals surface area contributed by atoms with Crippen molar-refractivity contribution in [3.05, 3.63) is 113 Å². The van der Waals surface area contributed by atoms with Crippen molar-refractivity contribution in [1.29, 1.82) is 0 Å². The van der Waals surface area contributed by atoms with E-state index in [1.807, 2.05) is 6.07 Å². The van der Waals surface area contributed by atoms with Crippen molar-refractivity contribution < 1.29 is 68.8 Å². The van der Waals surface area contributed by atoms with Crippen molar-refractivity contribution in [2.45, 2.75) is 12.8 Å². The van der Waals surface area contributed by atoms with Crippen molar-refractivity contribution in [3.8, 4) is 46.0 Å². The summed E-state index contributed by atoms with van der Waals surface area (Å²) in [6.45, 7) is 0. The molecule has 0 atom stereocenters. The van der Waals surface area contributed by atoms with Gasteiger partial charge in [-0.05, 0) is 95.4 Å². The Kier molecular flexibility index (Phi) is 20.6. The highest BCUT2D eigenvalue weighted by atomic mass is 16.5. The Labute approximate surface area is 311 Å². The minimum atomic E-state index is -1.03. The highest BCUT2D eigenvalue weighted by Gasteiger charge is 2.03. The maximum absolute atomic E-state index is 10.2. The Morgan fingerprint density at radius 2 is 0.889 bits per heavy atom. The van der Waals surface area contributed by atoms with Crippen molar-refractivity contribution in [2.75, 3.05) is 28.4 Å². The molecule has 0 saturated heterocycles. The average Bonchev–Trinajstić information content (AvgIpc) is 3.15. The van der Waals surface area contributed by atoms with Crippen LogP contribution in [0.15, 0.2) is 91.0 Å². The summed E-state index contributed by atoms with van der Waals surface area (Å²) >= 11 is 0. The van der Waals surface area contributed by atoms with Crippen LogP contribution in [0.5, 0.6) is 46.0 Å².